The van der Waals surface area contributed by atoms with Crippen molar-refractivity contribution < 1.29 is 22.7 Å². The molecule has 174 valence electrons. The molecule has 0 spiro atoms. The number of amides is 3. The number of aryl methyl sites for hydroxylation is 1. The van der Waals surface area contributed by atoms with Crippen LogP contribution in [0.15, 0.2) is 66.1 Å². The molecule has 0 aliphatic rings. The number of hydrogen-bond donors (Lipinski definition) is 2. The SMILES string of the molecule is COc1ccc(N(C)C(=O)[C@H](Cn2cncn2)NC(=O)NS(=O)(=O)c2ccccc2C)cc1. The van der Waals surface area contributed by atoms with Crippen molar-refractivity contribution in [2.45, 2.75) is 24.4 Å². The molecule has 11 nitrogen and oxygen atoms in total. The maximum absolute atomic E-state index is 13.2. The number of sulfonamides is 1. The molecular formula is C21H24N6O5S. The molecule has 1 atom stereocenters. The lowest BCUT2D eigenvalue weighted by Gasteiger charge is -2.25. The van der Waals surface area contributed by atoms with Gasteiger partial charge in [0.05, 0.1) is 18.6 Å². The molecule has 0 saturated heterocycles. The Morgan fingerprint density at radius 2 is 1.85 bits per heavy atom. The molecule has 0 bridgehead atoms. The second kappa shape index (κ2) is 10.1. The van der Waals surface area contributed by atoms with Crippen LogP contribution in [0, 0.1) is 6.92 Å². The molecule has 0 aliphatic heterocycles. The maximum atomic E-state index is 13.2. The van der Waals surface area contributed by atoms with Crippen molar-refractivity contribution in [3.05, 3.63) is 66.7 Å². The first-order valence-corrected chi connectivity index (χ1v) is 11.3. The minimum atomic E-state index is -4.14. The highest BCUT2D eigenvalue weighted by Crippen LogP contribution is 2.19. The van der Waals surface area contributed by atoms with Gasteiger partial charge in [0, 0.05) is 12.7 Å². The van der Waals surface area contributed by atoms with E-state index in [1.54, 1.807) is 56.4 Å². The standard InChI is InChI=1S/C21H24N6O5S/c1-15-6-4-5-7-19(15)33(30,31)25-21(29)24-18(12-27-14-22-13-23-27)20(28)26(2)16-8-10-17(32-3)11-9-16/h4-11,13-14,18H,12H2,1-3H3,(H2,24,25,29)/t18-/m0/s1. The van der Waals surface area contributed by atoms with E-state index in [-0.39, 0.29) is 11.4 Å². The van der Waals surface area contributed by atoms with Crippen molar-refractivity contribution >= 4 is 27.6 Å². The van der Waals surface area contributed by atoms with Gasteiger partial charge in [0.25, 0.3) is 15.9 Å². The molecule has 2 N–H and O–H groups in total. The Morgan fingerprint density at radius 1 is 1.15 bits per heavy atom. The van der Waals surface area contributed by atoms with Gasteiger partial charge in [0.1, 0.15) is 24.4 Å². The zero-order valence-electron chi connectivity index (χ0n) is 18.3. The summed E-state index contributed by atoms with van der Waals surface area (Å²) in [5.41, 5.74) is 1.03. The second-order valence-electron chi connectivity index (χ2n) is 7.11. The van der Waals surface area contributed by atoms with Gasteiger partial charge in [-0.1, -0.05) is 18.2 Å². The van der Waals surface area contributed by atoms with Crippen molar-refractivity contribution in [1.82, 2.24) is 24.8 Å². The van der Waals surface area contributed by atoms with E-state index in [1.807, 2.05) is 4.72 Å². The molecule has 3 amide bonds. The Kier molecular flexibility index (Phi) is 7.28. The van der Waals surface area contributed by atoms with Gasteiger partial charge < -0.3 is 15.0 Å². The number of carbonyl (C=O) groups is 2. The Labute approximate surface area is 191 Å². The fraction of sp³-hybridized carbons (Fsp3) is 0.238. The molecule has 1 aromatic heterocycles. The number of urea groups is 1. The van der Waals surface area contributed by atoms with Gasteiger partial charge in [-0.15, -0.1) is 0 Å². The fourth-order valence-electron chi connectivity index (χ4n) is 3.09. The monoisotopic (exact) mass is 472 g/mol. The summed E-state index contributed by atoms with van der Waals surface area (Å²) >= 11 is 0. The average molecular weight is 473 g/mol. The lowest BCUT2D eigenvalue weighted by atomic mass is 10.2. The Morgan fingerprint density at radius 3 is 2.45 bits per heavy atom. The molecule has 33 heavy (non-hydrogen) atoms. The van der Waals surface area contributed by atoms with Crippen LogP contribution in [0.5, 0.6) is 5.75 Å². The number of ether oxygens (including phenoxy) is 1. The van der Waals surface area contributed by atoms with Crippen LogP contribution in [0.2, 0.25) is 0 Å². The number of rotatable bonds is 8. The van der Waals surface area contributed by atoms with Crippen LogP contribution in [0.4, 0.5) is 10.5 Å². The summed E-state index contributed by atoms with van der Waals surface area (Å²) in [7, 11) is -1.06. The predicted octanol–water partition coefficient (Wildman–Crippen LogP) is 1.31. The molecule has 1 heterocycles. The third kappa shape index (κ3) is 5.86. The summed E-state index contributed by atoms with van der Waals surface area (Å²) in [5, 5.41) is 6.40. The van der Waals surface area contributed by atoms with E-state index in [1.165, 1.54) is 35.4 Å². The van der Waals surface area contributed by atoms with Crippen molar-refractivity contribution in [2.24, 2.45) is 0 Å². The van der Waals surface area contributed by atoms with Crippen molar-refractivity contribution in [3.63, 3.8) is 0 Å². The largest absolute Gasteiger partial charge is 0.497 e. The summed E-state index contributed by atoms with van der Waals surface area (Å²) in [5.74, 6) is 0.136. The zero-order valence-corrected chi connectivity index (χ0v) is 19.1. The normalized spacial score (nSPS) is 12.0. The third-order valence-corrected chi connectivity index (χ3v) is 6.33. The maximum Gasteiger partial charge on any atom is 0.329 e. The first-order valence-electron chi connectivity index (χ1n) is 9.84. The highest BCUT2D eigenvalue weighted by Gasteiger charge is 2.28. The highest BCUT2D eigenvalue weighted by atomic mass is 32.2. The zero-order chi connectivity index (χ0) is 24.0. The molecule has 0 saturated carbocycles. The average Bonchev–Trinajstić information content (AvgIpc) is 3.30. The number of hydrogen-bond acceptors (Lipinski definition) is 7. The summed E-state index contributed by atoms with van der Waals surface area (Å²) < 4.78 is 33.7. The van der Waals surface area contributed by atoms with Crippen LogP contribution in [-0.2, 0) is 21.4 Å². The van der Waals surface area contributed by atoms with E-state index in [4.69, 9.17) is 4.74 Å². The van der Waals surface area contributed by atoms with E-state index in [0.29, 0.717) is 17.0 Å². The quantitative estimate of drug-likeness (QED) is 0.505. The number of nitrogens with zero attached hydrogens (tertiary/aromatic N) is 4. The van der Waals surface area contributed by atoms with Crippen LogP contribution in [-0.4, -0.2) is 55.3 Å². The van der Waals surface area contributed by atoms with Gasteiger partial charge in [-0.3, -0.25) is 9.48 Å². The topological polar surface area (TPSA) is 136 Å². The molecule has 2 aromatic carbocycles. The van der Waals surface area contributed by atoms with E-state index >= 15 is 0 Å². The molecule has 0 radical (unpaired) electrons. The van der Waals surface area contributed by atoms with Crippen molar-refractivity contribution in [3.8, 4) is 5.75 Å². The first-order chi connectivity index (χ1) is 15.7. The third-order valence-electron chi connectivity index (χ3n) is 4.84. The summed E-state index contributed by atoms with van der Waals surface area (Å²) in [6, 6.07) is 10.8. The van der Waals surface area contributed by atoms with Crippen molar-refractivity contribution in [2.75, 3.05) is 19.1 Å². The van der Waals surface area contributed by atoms with E-state index in [9.17, 15) is 18.0 Å². The Hall–Kier alpha value is -3.93. The number of aromatic nitrogens is 3. The lowest BCUT2D eigenvalue weighted by Crippen LogP contribution is -2.53. The molecule has 3 rings (SSSR count). The van der Waals surface area contributed by atoms with Gasteiger partial charge in [-0.25, -0.2) is 22.9 Å². The molecule has 0 aliphatic carbocycles. The predicted molar refractivity (Wildman–Crippen MR) is 120 cm³/mol. The van der Waals surface area contributed by atoms with Gasteiger partial charge >= 0.3 is 6.03 Å². The van der Waals surface area contributed by atoms with E-state index < -0.39 is 28.0 Å². The molecular weight excluding hydrogens is 448 g/mol. The number of carbonyl (C=O) groups excluding carboxylic acids is 2. The Bertz CT molecular complexity index is 1210. The number of likely N-dealkylation sites (N-methyl/N-ethyl adjacent to an activating group) is 1. The molecule has 12 heteroatoms. The summed E-state index contributed by atoms with van der Waals surface area (Å²) in [4.78, 5) is 30.9. The molecule has 0 fully saturated rings. The molecule has 3 aromatic rings. The van der Waals surface area contributed by atoms with Crippen LogP contribution in [0.1, 0.15) is 5.56 Å². The summed E-state index contributed by atoms with van der Waals surface area (Å²) in [6.07, 6.45) is 2.68. The van der Waals surface area contributed by atoms with Gasteiger partial charge in [0.2, 0.25) is 0 Å². The van der Waals surface area contributed by atoms with Crippen LogP contribution in [0.25, 0.3) is 0 Å². The molecule has 0 unspecified atom stereocenters. The number of benzene rings is 2. The first kappa shape index (κ1) is 23.7. The second-order valence-corrected chi connectivity index (χ2v) is 8.76. The number of methoxy groups -OCH3 is 1. The van der Waals surface area contributed by atoms with Gasteiger partial charge in [0.15, 0.2) is 0 Å². The summed E-state index contributed by atoms with van der Waals surface area (Å²) in [6.45, 7) is 1.56. The minimum absolute atomic E-state index is 0.0327. The van der Waals surface area contributed by atoms with Gasteiger partial charge in [-0.05, 0) is 42.8 Å². The minimum Gasteiger partial charge on any atom is -0.497 e. The number of nitrogens with one attached hydrogen (secondary N) is 2. The fourth-order valence-corrected chi connectivity index (χ4v) is 4.25. The van der Waals surface area contributed by atoms with Crippen LogP contribution >= 0.6 is 0 Å². The lowest BCUT2D eigenvalue weighted by molar-refractivity contribution is -0.120. The van der Waals surface area contributed by atoms with E-state index in [0.717, 1.165) is 0 Å². The Balaban J connectivity index is 1.79. The highest BCUT2D eigenvalue weighted by molar-refractivity contribution is 7.90. The van der Waals surface area contributed by atoms with Crippen LogP contribution in [0.3, 0.4) is 0 Å². The van der Waals surface area contributed by atoms with Crippen molar-refractivity contribution in [1.29, 1.82) is 0 Å². The number of anilines is 1. The van der Waals surface area contributed by atoms with Crippen LogP contribution < -0.4 is 19.7 Å². The van der Waals surface area contributed by atoms with Gasteiger partial charge in [-0.2, -0.15) is 5.10 Å². The smallest absolute Gasteiger partial charge is 0.329 e. The van der Waals surface area contributed by atoms with E-state index in [2.05, 4.69) is 15.4 Å².